The quantitative estimate of drug-likeness (QED) is 0.582. The Labute approximate surface area is 207 Å². The second kappa shape index (κ2) is 9.18. The van der Waals surface area contributed by atoms with Gasteiger partial charge in [-0.1, -0.05) is 23.1 Å². The minimum atomic E-state index is -0.0602. The molecule has 34 heavy (non-hydrogen) atoms. The Morgan fingerprint density at radius 3 is 2.44 bits per heavy atom. The molecule has 1 N–H and O–H groups in total. The molecule has 2 amide bonds. The molecule has 8 nitrogen and oxygen atoms in total. The summed E-state index contributed by atoms with van der Waals surface area (Å²) in [7, 11) is 0. The van der Waals surface area contributed by atoms with E-state index in [1.807, 2.05) is 6.07 Å². The third-order valence-corrected chi connectivity index (χ3v) is 10.2. The highest BCUT2D eigenvalue weighted by Gasteiger charge is 2.55. The van der Waals surface area contributed by atoms with Crippen LogP contribution in [0, 0.1) is 23.2 Å². The third kappa shape index (κ3) is 4.46. The fourth-order valence-electron chi connectivity index (χ4n) is 6.97. The summed E-state index contributed by atoms with van der Waals surface area (Å²) in [5, 5.41) is 12.3. The lowest BCUT2D eigenvalue weighted by atomic mass is 9.49. The van der Waals surface area contributed by atoms with Gasteiger partial charge in [-0.15, -0.1) is 10.2 Å². The summed E-state index contributed by atoms with van der Waals surface area (Å²) in [6.07, 6.45) is 9.08. The van der Waals surface area contributed by atoms with E-state index in [-0.39, 0.29) is 11.3 Å². The fourth-order valence-corrected chi connectivity index (χ4v) is 8.70. The molecule has 0 spiro atoms. The highest BCUT2D eigenvalue weighted by Crippen LogP contribution is 2.60. The van der Waals surface area contributed by atoms with Gasteiger partial charge in [0.25, 0.3) is 0 Å². The summed E-state index contributed by atoms with van der Waals surface area (Å²) in [5.41, 5.74) is -0.0546. The minimum Gasteiger partial charge on any atom is -0.467 e. The molecule has 10 heteroatoms. The van der Waals surface area contributed by atoms with Crippen molar-refractivity contribution in [1.29, 1.82) is 0 Å². The molecule has 5 fully saturated rings. The van der Waals surface area contributed by atoms with Crippen LogP contribution in [0.15, 0.2) is 27.2 Å². The summed E-state index contributed by atoms with van der Waals surface area (Å²) in [6, 6.07) is 3.64. The molecule has 5 aliphatic rings. The average molecular weight is 502 g/mol. The Bertz CT molecular complexity index is 996. The second-order valence-electron chi connectivity index (χ2n) is 10.5. The number of hydrogen-bond acceptors (Lipinski definition) is 8. The van der Waals surface area contributed by atoms with Crippen LogP contribution in [0.4, 0.5) is 5.13 Å². The van der Waals surface area contributed by atoms with Crippen molar-refractivity contribution in [3.05, 3.63) is 24.2 Å². The summed E-state index contributed by atoms with van der Waals surface area (Å²) in [5.74, 6) is 3.78. The number of anilines is 1. The molecule has 0 unspecified atom stereocenters. The smallest absolute Gasteiger partial charge is 0.230 e. The number of carbonyl (C=O) groups excluding carboxylic acids is 2. The van der Waals surface area contributed by atoms with Gasteiger partial charge in [0.15, 0.2) is 4.34 Å². The largest absolute Gasteiger partial charge is 0.467 e. The maximum atomic E-state index is 13.6. The van der Waals surface area contributed by atoms with Gasteiger partial charge in [0, 0.05) is 26.2 Å². The van der Waals surface area contributed by atoms with E-state index < -0.39 is 0 Å². The van der Waals surface area contributed by atoms with Crippen molar-refractivity contribution in [3.8, 4) is 0 Å². The topological polar surface area (TPSA) is 91.6 Å². The number of nitrogens with one attached hydrogen (secondary N) is 1. The first kappa shape index (κ1) is 22.4. The van der Waals surface area contributed by atoms with E-state index in [9.17, 15) is 9.59 Å². The molecule has 4 bridgehead atoms. The van der Waals surface area contributed by atoms with Gasteiger partial charge in [0.1, 0.15) is 5.76 Å². The molecule has 4 saturated carbocycles. The van der Waals surface area contributed by atoms with Gasteiger partial charge >= 0.3 is 0 Å². The number of nitrogens with zero attached hydrogens (tertiary/aromatic N) is 4. The van der Waals surface area contributed by atoms with Crippen LogP contribution in [0.5, 0.6) is 0 Å². The number of rotatable bonds is 7. The molecule has 2 aromatic rings. The zero-order chi connectivity index (χ0) is 23.1. The lowest BCUT2D eigenvalue weighted by Crippen LogP contribution is -2.58. The standard InChI is InChI=1S/C24H31N5O3S2/c30-20(25-14-19-2-1-7-32-19)15-33-23-27-26-22(34-23)29-5-3-28(4-6-29)21(31)24-11-16-8-17(12-24)10-18(9-16)13-24/h1-2,7,16-18H,3-6,8-15H2,(H,25,30). The summed E-state index contributed by atoms with van der Waals surface area (Å²) < 4.78 is 6.02. The molecule has 0 radical (unpaired) electrons. The minimum absolute atomic E-state index is 0.0546. The molecule has 4 aliphatic carbocycles. The van der Waals surface area contributed by atoms with Crippen LogP contribution in [0.1, 0.15) is 44.3 Å². The lowest BCUT2D eigenvalue weighted by Gasteiger charge is -2.57. The highest BCUT2D eigenvalue weighted by molar-refractivity contribution is 8.01. The van der Waals surface area contributed by atoms with E-state index in [0.717, 1.165) is 78.4 Å². The number of hydrogen-bond donors (Lipinski definition) is 1. The molecular weight excluding hydrogens is 470 g/mol. The Morgan fingerprint density at radius 2 is 1.79 bits per heavy atom. The zero-order valence-corrected chi connectivity index (χ0v) is 20.9. The predicted molar refractivity (Wildman–Crippen MR) is 131 cm³/mol. The maximum absolute atomic E-state index is 13.6. The normalized spacial score (nSPS) is 30.1. The molecule has 1 aliphatic heterocycles. The van der Waals surface area contributed by atoms with Crippen molar-refractivity contribution in [2.75, 3.05) is 36.8 Å². The highest BCUT2D eigenvalue weighted by atomic mass is 32.2. The van der Waals surface area contributed by atoms with Crippen molar-refractivity contribution >= 4 is 40.0 Å². The molecule has 0 aromatic carbocycles. The van der Waals surface area contributed by atoms with Crippen LogP contribution >= 0.6 is 23.1 Å². The van der Waals surface area contributed by atoms with E-state index in [1.165, 1.54) is 42.4 Å². The first-order chi connectivity index (χ1) is 16.6. The van der Waals surface area contributed by atoms with E-state index >= 15 is 0 Å². The third-order valence-electron chi connectivity index (χ3n) is 8.09. The average Bonchev–Trinajstić information content (AvgIpc) is 3.53. The van der Waals surface area contributed by atoms with Gasteiger partial charge in [-0.2, -0.15) is 0 Å². The van der Waals surface area contributed by atoms with Crippen LogP contribution in [0.25, 0.3) is 0 Å². The molecule has 3 heterocycles. The van der Waals surface area contributed by atoms with Gasteiger partial charge in [-0.05, 0) is 68.4 Å². The van der Waals surface area contributed by atoms with E-state index in [1.54, 1.807) is 12.3 Å². The molecule has 182 valence electrons. The zero-order valence-electron chi connectivity index (χ0n) is 19.3. The van der Waals surface area contributed by atoms with Crippen molar-refractivity contribution < 1.29 is 14.0 Å². The molecule has 7 rings (SSSR count). The Balaban J connectivity index is 0.984. The first-order valence-electron chi connectivity index (χ1n) is 12.4. The predicted octanol–water partition coefficient (Wildman–Crippen LogP) is 3.40. The van der Waals surface area contributed by atoms with Crippen LogP contribution in [-0.4, -0.2) is 58.8 Å². The van der Waals surface area contributed by atoms with Crippen LogP contribution in [0.3, 0.4) is 0 Å². The Hall–Kier alpha value is -2.07. The summed E-state index contributed by atoms with van der Waals surface area (Å²) >= 11 is 2.92. The molecule has 2 aromatic heterocycles. The van der Waals surface area contributed by atoms with Gasteiger partial charge in [-0.3, -0.25) is 9.59 Å². The van der Waals surface area contributed by atoms with Crippen molar-refractivity contribution in [1.82, 2.24) is 20.4 Å². The van der Waals surface area contributed by atoms with E-state index in [2.05, 4.69) is 25.3 Å². The molecule has 0 atom stereocenters. The van der Waals surface area contributed by atoms with Crippen LogP contribution in [0.2, 0.25) is 0 Å². The number of furan rings is 1. The first-order valence-corrected chi connectivity index (χ1v) is 14.2. The number of aromatic nitrogens is 2. The molecular formula is C24H31N5O3S2. The van der Waals surface area contributed by atoms with Gasteiger partial charge in [0.2, 0.25) is 16.9 Å². The summed E-state index contributed by atoms with van der Waals surface area (Å²) in [6.45, 7) is 3.50. The maximum Gasteiger partial charge on any atom is 0.230 e. The van der Waals surface area contributed by atoms with Gasteiger partial charge in [-0.25, -0.2) is 0 Å². The Kier molecular flexibility index (Phi) is 6.05. The second-order valence-corrected chi connectivity index (χ2v) is 12.7. The van der Waals surface area contributed by atoms with E-state index in [0.29, 0.717) is 18.2 Å². The Morgan fingerprint density at radius 1 is 1.09 bits per heavy atom. The van der Waals surface area contributed by atoms with Crippen LogP contribution < -0.4 is 10.2 Å². The summed E-state index contributed by atoms with van der Waals surface area (Å²) in [4.78, 5) is 30.0. The fraction of sp³-hybridized carbons (Fsp3) is 0.667. The monoisotopic (exact) mass is 501 g/mol. The van der Waals surface area contributed by atoms with Gasteiger partial charge in [0.05, 0.1) is 24.0 Å². The number of piperazine rings is 1. The van der Waals surface area contributed by atoms with Crippen LogP contribution in [-0.2, 0) is 16.1 Å². The van der Waals surface area contributed by atoms with Crippen molar-refractivity contribution in [3.63, 3.8) is 0 Å². The number of thioether (sulfide) groups is 1. The van der Waals surface area contributed by atoms with E-state index in [4.69, 9.17) is 4.42 Å². The van der Waals surface area contributed by atoms with Gasteiger partial charge < -0.3 is 19.5 Å². The molecule has 1 saturated heterocycles. The van der Waals surface area contributed by atoms with Crippen molar-refractivity contribution in [2.45, 2.75) is 49.4 Å². The number of carbonyl (C=O) groups is 2. The SMILES string of the molecule is O=C(CSc1nnc(N2CCN(C(=O)C34CC5CC(CC(C5)C3)C4)CC2)s1)NCc1ccco1. The lowest BCUT2D eigenvalue weighted by molar-refractivity contribution is -0.158. The van der Waals surface area contributed by atoms with Crippen molar-refractivity contribution in [2.24, 2.45) is 23.2 Å². The number of amides is 2.